The van der Waals surface area contributed by atoms with E-state index in [2.05, 4.69) is 21.2 Å². The zero-order chi connectivity index (χ0) is 19.6. The van der Waals surface area contributed by atoms with E-state index in [0.29, 0.717) is 17.8 Å². The lowest BCUT2D eigenvalue weighted by atomic mass is 10.1. The highest BCUT2D eigenvalue weighted by Gasteiger charge is 2.35. The van der Waals surface area contributed by atoms with Crippen molar-refractivity contribution in [3.8, 4) is 0 Å². The number of rotatable bonds is 4. The molecule has 1 aliphatic heterocycles. The first-order valence-corrected chi connectivity index (χ1v) is 9.33. The molecule has 1 atom stereocenters. The molecule has 0 aromatic heterocycles. The van der Waals surface area contributed by atoms with Crippen LogP contribution in [0.4, 0.5) is 11.4 Å². The third kappa shape index (κ3) is 4.19. The Morgan fingerprint density at radius 1 is 1.15 bits per heavy atom. The van der Waals surface area contributed by atoms with Crippen molar-refractivity contribution < 1.29 is 14.4 Å². The van der Waals surface area contributed by atoms with Gasteiger partial charge in [-0.05, 0) is 30.3 Å². The lowest BCUT2D eigenvalue weighted by Gasteiger charge is -2.18. The van der Waals surface area contributed by atoms with Crippen molar-refractivity contribution >= 4 is 45.0 Å². The highest BCUT2D eigenvalue weighted by atomic mass is 79.9. The lowest BCUT2D eigenvalue weighted by Crippen LogP contribution is -2.29. The van der Waals surface area contributed by atoms with Crippen LogP contribution in [0.5, 0.6) is 0 Å². The second-order valence-electron chi connectivity index (χ2n) is 6.62. The summed E-state index contributed by atoms with van der Waals surface area (Å²) in [7, 11) is 3.32. The Morgan fingerprint density at radius 3 is 2.59 bits per heavy atom. The van der Waals surface area contributed by atoms with Crippen molar-refractivity contribution in [1.82, 2.24) is 4.90 Å². The van der Waals surface area contributed by atoms with Crippen LogP contribution < -0.4 is 10.2 Å². The Bertz CT molecular complexity index is 898. The van der Waals surface area contributed by atoms with E-state index in [1.807, 2.05) is 24.3 Å². The first-order valence-electron chi connectivity index (χ1n) is 8.54. The van der Waals surface area contributed by atoms with Crippen molar-refractivity contribution in [2.24, 2.45) is 5.92 Å². The van der Waals surface area contributed by atoms with E-state index in [4.69, 9.17) is 0 Å². The van der Waals surface area contributed by atoms with Gasteiger partial charge in [-0.2, -0.15) is 0 Å². The second-order valence-corrected chi connectivity index (χ2v) is 7.54. The molecule has 7 heteroatoms. The maximum absolute atomic E-state index is 12.7. The number of hydrogen-bond donors (Lipinski definition) is 1. The summed E-state index contributed by atoms with van der Waals surface area (Å²) in [5.74, 6) is -1.02. The number of nitrogens with zero attached hydrogens (tertiary/aromatic N) is 2. The molecule has 140 valence electrons. The second kappa shape index (κ2) is 7.92. The Labute approximate surface area is 166 Å². The zero-order valence-electron chi connectivity index (χ0n) is 15.1. The van der Waals surface area contributed by atoms with Crippen molar-refractivity contribution in [3.05, 3.63) is 58.6 Å². The van der Waals surface area contributed by atoms with Crippen LogP contribution >= 0.6 is 15.9 Å². The van der Waals surface area contributed by atoms with Gasteiger partial charge in [-0.1, -0.05) is 34.1 Å². The van der Waals surface area contributed by atoms with Crippen molar-refractivity contribution in [2.45, 2.75) is 6.42 Å². The number of hydrogen-bond acceptors (Lipinski definition) is 3. The van der Waals surface area contributed by atoms with Crippen LogP contribution in [-0.4, -0.2) is 43.3 Å². The predicted molar refractivity (Wildman–Crippen MR) is 108 cm³/mol. The van der Waals surface area contributed by atoms with Gasteiger partial charge in [-0.15, -0.1) is 0 Å². The van der Waals surface area contributed by atoms with Crippen LogP contribution in [0, 0.1) is 5.92 Å². The molecule has 0 bridgehead atoms. The highest BCUT2D eigenvalue weighted by molar-refractivity contribution is 9.10. The summed E-state index contributed by atoms with van der Waals surface area (Å²) < 4.78 is 0.872. The molecule has 0 radical (unpaired) electrons. The molecule has 2 aromatic carbocycles. The summed E-state index contributed by atoms with van der Waals surface area (Å²) in [4.78, 5) is 40.5. The Balaban J connectivity index is 1.75. The van der Waals surface area contributed by atoms with Gasteiger partial charge in [0.1, 0.15) is 0 Å². The predicted octanol–water partition coefficient (Wildman–Crippen LogP) is 3.14. The number of halogens is 1. The summed E-state index contributed by atoms with van der Waals surface area (Å²) in [6.07, 6.45) is 0.141. The monoisotopic (exact) mass is 429 g/mol. The molecular weight excluding hydrogens is 410 g/mol. The average Bonchev–Trinajstić information content (AvgIpc) is 3.03. The minimum Gasteiger partial charge on any atom is -0.345 e. The number of anilines is 2. The molecule has 3 amide bonds. The van der Waals surface area contributed by atoms with Gasteiger partial charge in [0.05, 0.1) is 17.2 Å². The SMILES string of the molecule is CN(C)C(=O)c1ccccc1NC(=O)C1CC(=O)N(c2cccc(Br)c2)C1. The molecule has 2 aromatic rings. The van der Waals surface area contributed by atoms with Crippen LogP contribution in [0.1, 0.15) is 16.8 Å². The van der Waals surface area contributed by atoms with Gasteiger partial charge in [0.25, 0.3) is 5.91 Å². The van der Waals surface area contributed by atoms with E-state index in [0.717, 1.165) is 10.2 Å². The number of amides is 3. The van der Waals surface area contributed by atoms with Gasteiger partial charge >= 0.3 is 0 Å². The molecule has 1 saturated heterocycles. The third-order valence-corrected chi connectivity index (χ3v) is 4.93. The standard InChI is InChI=1S/C20H20BrN3O3/c1-23(2)20(27)16-8-3-4-9-17(16)22-19(26)13-10-18(25)24(12-13)15-7-5-6-14(21)11-15/h3-9,11,13H,10,12H2,1-2H3,(H,22,26). The van der Waals surface area contributed by atoms with E-state index in [9.17, 15) is 14.4 Å². The van der Waals surface area contributed by atoms with E-state index in [1.165, 1.54) is 4.90 Å². The largest absolute Gasteiger partial charge is 0.345 e. The fourth-order valence-corrected chi connectivity index (χ4v) is 3.42. The highest BCUT2D eigenvalue weighted by Crippen LogP contribution is 2.28. The molecule has 27 heavy (non-hydrogen) atoms. The fraction of sp³-hybridized carbons (Fsp3) is 0.250. The van der Waals surface area contributed by atoms with Crippen LogP contribution in [0.15, 0.2) is 53.0 Å². The van der Waals surface area contributed by atoms with Crippen LogP contribution in [0.25, 0.3) is 0 Å². The molecule has 1 N–H and O–H groups in total. The number of para-hydroxylation sites is 1. The summed E-state index contributed by atoms with van der Waals surface area (Å²) >= 11 is 3.40. The molecule has 1 heterocycles. The third-order valence-electron chi connectivity index (χ3n) is 4.44. The minimum atomic E-state index is -0.473. The molecular formula is C20H20BrN3O3. The molecule has 1 aliphatic rings. The molecule has 0 aliphatic carbocycles. The summed E-state index contributed by atoms with van der Waals surface area (Å²) in [6.45, 7) is 0.310. The van der Waals surface area contributed by atoms with Crippen molar-refractivity contribution in [1.29, 1.82) is 0 Å². The smallest absolute Gasteiger partial charge is 0.255 e. The first-order chi connectivity index (χ1) is 12.9. The maximum atomic E-state index is 12.7. The van der Waals surface area contributed by atoms with Crippen LogP contribution in [0.2, 0.25) is 0 Å². The summed E-state index contributed by atoms with van der Waals surface area (Å²) in [6, 6.07) is 14.3. The Morgan fingerprint density at radius 2 is 1.89 bits per heavy atom. The number of carbonyl (C=O) groups is 3. The molecule has 3 rings (SSSR count). The van der Waals surface area contributed by atoms with Crippen LogP contribution in [0.3, 0.4) is 0 Å². The molecule has 6 nitrogen and oxygen atoms in total. The van der Waals surface area contributed by atoms with Crippen molar-refractivity contribution in [2.75, 3.05) is 30.9 Å². The van der Waals surface area contributed by atoms with E-state index < -0.39 is 5.92 Å². The first kappa shape index (κ1) is 19.1. The maximum Gasteiger partial charge on any atom is 0.255 e. The van der Waals surface area contributed by atoms with Gasteiger partial charge in [-0.3, -0.25) is 14.4 Å². The lowest BCUT2D eigenvalue weighted by molar-refractivity contribution is -0.122. The normalized spacial score (nSPS) is 16.3. The quantitative estimate of drug-likeness (QED) is 0.811. The topological polar surface area (TPSA) is 69.7 Å². The van der Waals surface area contributed by atoms with Gasteiger partial charge in [0.2, 0.25) is 11.8 Å². The molecule has 1 fully saturated rings. The number of carbonyl (C=O) groups excluding carboxylic acids is 3. The fourth-order valence-electron chi connectivity index (χ4n) is 3.03. The van der Waals surface area contributed by atoms with Crippen LogP contribution in [-0.2, 0) is 9.59 Å². The summed E-state index contributed by atoms with van der Waals surface area (Å²) in [5.41, 5.74) is 1.63. The van der Waals surface area contributed by atoms with Gasteiger partial charge in [0.15, 0.2) is 0 Å². The van der Waals surface area contributed by atoms with Crippen molar-refractivity contribution in [3.63, 3.8) is 0 Å². The van der Waals surface area contributed by atoms with Gasteiger partial charge in [0, 0.05) is 37.2 Å². The summed E-state index contributed by atoms with van der Waals surface area (Å²) in [5, 5.41) is 2.82. The van der Waals surface area contributed by atoms with E-state index >= 15 is 0 Å². The Kier molecular flexibility index (Phi) is 5.60. The number of benzene rings is 2. The Hall–Kier alpha value is -2.67. The molecule has 1 unspecified atom stereocenters. The van der Waals surface area contributed by atoms with E-state index in [1.54, 1.807) is 43.3 Å². The number of nitrogens with one attached hydrogen (secondary N) is 1. The minimum absolute atomic E-state index is 0.0918. The van der Waals surface area contributed by atoms with Gasteiger partial charge < -0.3 is 15.1 Å². The molecule has 0 spiro atoms. The zero-order valence-corrected chi connectivity index (χ0v) is 16.7. The molecule has 0 saturated carbocycles. The van der Waals surface area contributed by atoms with E-state index in [-0.39, 0.29) is 24.1 Å². The van der Waals surface area contributed by atoms with Gasteiger partial charge in [-0.25, -0.2) is 0 Å². The average molecular weight is 430 g/mol.